The summed E-state index contributed by atoms with van der Waals surface area (Å²) in [6, 6.07) is 12.0. The van der Waals surface area contributed by atoms with Crippen LogP contribution in [-0.2, 0) is 15.8 Å². The molecule has 6 nitrogen and oxygen atoms in total. The van der Waals surface area contributed by atoms with Crippen molar-refractivity contribution in [2.75, 3.05) is 14.2 Å². The molecule has 2 aromatic carbocycles. The molecule has 3 rings (SSSR count). The van der Waals surface area contributed by atoms with Crippen LogP contribution in [0.25, 0.3) is 16.9 Å². The molecular formula is C21H19F3N4O2. The molecule has 0 bridgehead atoms. The summed E-state index contributed by atoms with van der Waals surface area (Å²) >= 11 is 0. The van der Waals surface area contributed by atoms with E-state index in [9.17, 15) is 18.0 Å². The van der Waals surface area contributed by atoms with Gasteiger partial charge in [-0.3, -0.25) is 4.79 Å². The highest BCUT2D eigenvalue weighted by atomic mass is 19.4. The topological polar surface area (TPSA) is 68.5 Å². The average molecular weight is 416 g/mol. The van der Waals surface area contributed by atoms with Crippen LogP contribution in [0.3, 0.4) is 0 Å². The smallest absolute Gasteiger partial charge is 0.398 e. The lowest BCUT2D eigenvalue weighted by molar-refractivity contribution is -0.137. The van der Waals surface area contributed by atoms with Gasteiger partial charge in [0.2, 0.25) is 0 Å². The molecule has 0 aliphatic carbocycles. The van der Waals surface area contributed by atoms with E-state index in [-0.39, 0.29) is 11.4 Å². The quantitative estimate of drug-likeness (QED) is 0.506. The van der Waals surface area contributed by atoms with Crippen LogP contribution in [0.2, 0.25) is 0 Å². The summed E-state index contributed by atoms with van der Waals surface area (Å²) in [4.78, 5) is 17.0. The Hall–Kier alpha value is -3.62. The van der Waals surface area contributed by atoms with Gasteiger partial charge in [-0.05, 0) is 42.8 Å². The fourth-order valence-corrected chi connectivity index (χ4v) is 2.91. The molecule has 3 aromatic rings. The van der Waals surface area contributed by atoms with Crippen molar-refractivity contribution in [1.29, 1.82) is 0 Å². The second kappa shape index (κ2) is 8.40. The first-order valence-electron chi connectivity index (χ1n) is 8.92. The van der Waals surface area contributed by atoms with Gasteiger partial charge in [0.1, 0.15) is 7.11 Å². The Labute approximate surface area is 171 Å². The van der Waals surface area contributed by atoms with Gasteiger partial charge in [0, 0.05) is 24.4 Å². The lowest BCUT2D eigenvalue weighted by atomic mass is 9.99. The summed E-state index contributed by atoms with van der Waals surface area (Å²) < 4.78 is 40.3. The van der Waals surface area contributed by atoms with Crippen molar-refractivity contribution in [2.24, 2.45) is 5.16 Å². The Morgan fingerprint density at radius 3 is 2.60 bits per heavy atom. The molecule has 0 spiro atoms. The number of hydrogen-bond acceptors (Lipinski definition) is 4. The average Bonchev–Trinajstić information content (AvgIpc) is 3.22. The number of rotatable bonds is 5. The van der Waals surface area contributed by atoms with E-state index in [1.165, 1.54) is 24.9 Å². The number of nitrogens with zero attached hydrogens (tertiary/aromatic N) is 3. The Bertz CT molecular complexity index is 1100. The summed E-state index contributed by atoms with van der Waals surface area (Å²) in [6.45, 7) is 1.83. The molecule has 0 saturated carbocycles. The van der Waals surface area contributed by atoms with E-state index in [0.29, 0.717) is 16.8 Å². The maximum absolute atomic E-state index is 13.0. The lowest BCUT2D eigenvalue weighted by Gasteiger charge is -2.10. The minimum Gasteiger partial charge on any atom is -0.398 e. The Balaban J connectivity index is 2.00. The van der Waals surface area contributed by atoms with Crippen molar-refractivity contribution in [3.63, 3.8) is 0 Å². The zero-order chi connectivity index (χ0) is 21.9. The van der Waals surface area contributed by atoms with Crippen LogP contribution in [0.4, 0.5) is 13.2 Å². The van der Waals surface area contributed by atoms with Crippen LogP contribution in [0.1, 0.15) is 16.7 Å². The van der Waals surface area contributed by atoms with Gasteiger partial charge in [0.15, 0.2) is 5.71 Å². The second-order valence-electron chi connectivity index (χ2n) is 6.42. The molecular weight excluding hydrogens is 397 g/mol. The maximum Gasteiger partial charge on any atom is 0.416 e. The number of amides is 1. The highest BCUT2D eigenvalue weighted by Crippen LogP contribution is 2.30. The summed E-state index contributed by atoms with van der Waals surface area (Å²) in [5.74, 6) is -0.411. The van der Waals surface area contributed by atoms with Crippen molar-refractivity contribution in [2.45, 2.75) is 13.1 Å². The van der Waals surface area contributed by atoms with Gasteiger partial charge in [-0.1, -0.05) is 23.4 Å². The maximum atomic E-state index is 13.0. The number of likely N-dealkylation sites (N-methyl/N-ethyl adjacent to an activating group) is 1. The third-order valence-electron chi connectivity index (χ3n) is 4.44. The number of aryl methyl sites for hydroxylation is 1. The highest BCUT2D eigenvalue weighted by Gasteiger charge is 2.30. The van der Waals surface area contributed by atoms with Crippen LogP contribution in [0.15, 0.2) is 59.9 Å². The molecule has 156 valence electrons. The predicted octanol–water partition coefficient (Wildman–Crippen LogP) is 3.96. The molecule has 0 fully saturated rings. The predicted molar refractivity (Wildman–Crippen MR) is 106 cm³/mol. The van der Waals surface area contributed by atoms with E-state index in [1.54, 1.807) is 24.4 Å². The first-order chi connectivity index (χ1) is 14.2. The van der Waals surface area contributed by atoms with Crippen LogP contribution < -0.4 is 5.32 Å². The highest BCUT2D eigenvalue weighted by molar-refractivity contribution is 6.45. The van der Waals surface area contributed by atoms with Gasteiger partial charge in [-0.2, -0.15) is 18.3 Å². The van der Waals surface area contributed by atoms with E-state index in [0.717, 1.165) is 17.7 Å². The second-order valence-corrected chi connectivity index (χ2v) is 6.42. The molecule has 9 heteroatoms. The van der Waals surface area contributed by atoms with Gasteiger partial charge in [0.05, 0.1) is 16.9 Å². The number of carbonyl (C=O) groups excluding carboxylic acids is 1. The molecule has 0 atom stereocenters. The van der Waals surface area contributed by atoms with E-state index >= 15 is 0 Å². The minimum absolute atomic E-state index is 0.108. The van der Waals surface area contributed by atoms with Crippen molar-refractivity contribution in [3.05, 3.63) is 71.4 Å². The van der Waals surface area contributed by atoms with Gasteiger partial charge < -0.3 is 10.2 Å². The number of benzene rings is 2. The molecule has 1 N–H and O–H groups in total. The third-order valence-corrected chi connectivity index (χ3v) is 4.44. The third kappa shape index (κ3) is 4.35. The largest absolute Gasteiger partial charge is 0.416 e. The van der Waals surface area contributed by atoms with Crippen LogP contribution >= 0.6 is 0 Å². The SMILES string of the molecule is CNC(=O)C(=NOC)c1cc(-c2ccn(-c3cccc(C(F)(F)F)c3)n2)ccc1C. The normalized spacial score (nSPS) is 12.0. The number of alkyl halides is 3. The number of aromatic nitrogens is 2. The molecule has 1 aromatic heterocycles. The Morgan fingerprint density at radius 1 is 1.17 bits per heavy atom. The standard InChI is InChI=1S/C21H19F3N4O2/c1-13-7-8-14(11-17(13)19(27-30-3)20(29)25-2)18-9-10-28(26-18)16-6-4-5-15(12-16)21(22,23)24/h4-12H,1-3H3,(H,25,29). The number of oxime groups is 1. The molecule has 0 unspecified atom stereocenters. The van der Waals surface area contributed by atoms with E-state index in [4.69, 9.17) is 4.84 Å². The first-order valence-corrected chi connectivity index (χ1v) is 8.92. The van der Waals surface area contributed by atoms with Gasteiger partial charge >= 0.3 is 6.18 Å². The van der Waals surface area contributed by atoms with E-state index in [1.807, 2.05) is 19.1 Å². The lowest BCUT2D eigenvalue weighted by Crippen LogP contribution is -2.29. The summed E-state index contributed by atoms with van der Waals surface area (Å²) in [7, 11) is 2.84. The fourth-order valence-electron chi connectivity index (χ4n) is 2.91. The van der Waals surface area contributed by atoms with Crippen molar-refractivity contribution in [3.8, 4) is 16.9 Å². The molecule has 30 heavy (non-hydrogen) atoms. The van der Waals surface area contributed by atoms with Crippen molar-refractivity contribution < 1.29 is 22.8 Å². The monoisotopic (exact) mass is 416 g/mol. The Kier molecular flexibility index (Phi) is 5.91. The minimum atomic E-state index is -4.44. The van der Waals surface area contributed by atoms with Crippen LogP contribution in [0.5, 0.6) is 0 Å². The molecule has 0 saturated heterocycles. The molecule has 1 amide bonds. The molecule has 0 radical (unpaired) electrons. The van der Waals surface area contributed by atoms with Crippen molar-refractivity contribution in [1.82, 2.24) is 15.1 Å². The summed E-state index contributed by atoms with van der Waals surface area (Å²) in [5.41, 5.74) is 2.21. The number of halogens is 3. The van der Waals surface area contributed by atoms with Crippen LogP contribution in [0, 0.1) is 6.92 Å². The number of hydrogen-bond donors (Lipinski definition) is 1. The molecule has 0 aliphatic rings. The van der Waals surface area contributed by atoms with E-state index < -0.39 is 17.6 Å². The zero-order valence-corrected chi connectivity index (χ0v) is 16.5. The van der Waals surface area contributed by atoms with Crippen molar-refractivity contribution >= 4 is 11.6 Å². The van der Waals surface area contributed by atoms with Gasteiger partial charge in [0.25, 0.3) is 5.91 Å². The summed E-state index contributed by atoms with van der Waals surface area (Å²) in [5, 5.41) is 10.7. The number of nitrogens with one attached hydrogen (secondary N) is 1. The van der Waals surface area contributed by atoms with E-state index in [2.05, 4.69) is 15.6 Å². The van der Waals surface area contributed by atoms with Gasteiger partial charge in [-0.25, -0.2) is 4.68 Å². The Morgan fingerprint density at radius 2 is 1.93 bits per heavy atom. The van der Waals surface area contributed by atoms with Gasteiger partial charge in [-0.15, -0.1) is 0 Å². The van der Waals surface area contributed by atoms with Crippen LogP contribution in [-0.4, -0.2) is 35.6 Å². The fraction of sp³-hybridized carbons (Fsp3) is 0.190. The zero-order valence-electron chi connectivity index (χ0n) is 16.5. The number of carbonyl (C=O) groups is 1. The summed E-state index contributed by atoms with van der Waals surface area (Å²) in [6.07, 6.45) is -2.86. The molecule has 1 heterocycles. The first kappa shape index (κ1) is 21.1. The molecule has 0 aliphatic heterocycles.